The van der Waals surface area contributed by atoms with Gasteiger partial charge in [-0.25, -0.2) is 4.39 Å². The Morgan fingerprint density at radius 1 is 1.40 bits per heavy atom. The fraction of sp³-hybridized carbons (Fsp3) is 0.500. The van der Waals surface area contributed by atoms with Crippen LogP contribution in [0.5, 0.6) is 5.75 Å². The number of carbonyl (C=O) groups is 1. The predicted octanol–water partition coefficient (Wildman–Crippen LogP) is 0.680. The van der Waals surface area contributed by atoms with Crippen molar-refractivity contribution in [2.24, 2.45) is 0 Å². The molecule has 0 aliphatic heterocycles. The normalized spacial score (nSPS) is 12.2. The number of hydrogen-bond donors (Lipinski definition) is 3. The van der Waals surface area contributed by atoms with Crippen LogP contribution in [-0.2, 0) is 4.79 Å². The van der Waals surface area contributed by atoms with Crippen LogP contribution in [0.4, 0.5) is 4.39 Å². The van der Waals surface area contributed by atoms with E-state index in [1.54, 1.807) is 12.1 Å². The van der Waals surface area contributed by atoms with Crippen LogP contribution < -0.4 is 15.4 Å². The van der Waals surface area contributed by atoms with Crippen LogP contribution in [0.2, 0.25) is 0 Å². The molecule has 0 bridgehead atoms. The summed E-state index contributed by atoms with van der Waals surface area (Å²) in [5, 5.41) is 15.2. The summed E-state index contributed by atoms with van der Waals surface area (Å²) in [5.74, 6) is -0.504. The number of amides is 1. The lowest BCUT2D eigenvalue weighted by atomic mass is 10.3. The predicted molar refractivity (Wildman–Crippen MR) is 74.1 cm³/mol. The van der Waals surface area contributed by atoms with Gasteiger partial charge in [0.25, 0.3) is 0 Å². The summed E-state index contributed by atoms with van der Waals surface area (Å²) in [4.78, 5) is 11.3. The number of para-hydroxylation sites is 1. The molecule has 112 valence electrons. The van der Waals surface area contributed by atoms with E-state index in [0.29, 0.717) is 0 Å². The largest absolute Gasteiger partial charge is 0.488 e. The first kappa shape index (κ1) is 16.4. The lowest BCUT2D eigenvalue weighted by Gasteiger charge is -2.14. The van der Waals surface area contributed by atoms with Gasteiger partial charge in [0.2, 0.25) is 5.91 Å². The highest BCUT2D eigenvalue weighted by Crippen LogP contribution is 2.15. The van der Waals surface area contributed by atoms with E-state index in [4.69, 9.17) is 4.74 Å². The number of aliphatic hydroxyl groups excluding tert-OH is 1. The van der Waals surface area contributed by atoms with Crippen molar-refractivity contribution in [2.75, 3.05) is 19.7 Å². The number of ether oxygens (including phenoxy) is 1. The fourth-order valence-corrected chi connectivity index (χ4v) is 1.53. The molecule has 1 aromatic rings. The summed E-state index contributed by atoms with van der Waals surface area (Å²) in [6, 6.07) is 6.08. The number of carbonyl (C=O) groups excluding carboxylic acids is 1. The minimum atomic E-state index is -0.818. The molecule has 1 rings (SSSR count). The number of rotatable bonds is 8. The minimum Gasteiger partial charge on any atom is -0.488 e. The monoisotopic (exact) mass is 284 g/mol. The van der Waals surface area contributed by atoms with Crippen molar-refractivity contribution in [3.63, 3.8) is 0 Å². The van der Waals surface area contributed by atoms with Crippen LogP contribution in [0.25, 0.3) is 0 Å². The van der Waals surface area contributed by atoms with E-state index in [0.717, 1.165) is 0 Å². The van der Waals surface area contributed by atoms with Crippen molar-refractivity contribution >= 4 is 5.91 Å². The highest BCUT2D eigenvalue weighted by atomic mass is 19.1. The van der Waals surface area contributed by atoms with E-state index >= 15 is 0 Å². The van der Waals surface area contributed by atoms with E-state index in [2.05, 4.69) is 10.6 Å². The third-order valence-corrected chi connectivity index (χ3v) is 2.38. The van der Waals surface area contributed by atoms with Crippen molar-refractivity contribution in [3.8, 4) is 5.75 Å². The molecular weight excluding hydrogens is 263 g/mol. The van der Waals surface area contributed by atoms with Gasteiger partial charge in [-0.1, -0.05) is 12.1 Å². The third kappa shape index (κ3) is 6.49. The number of aliphatic hydroxyl groups is 1. The first-order chi connectivity index (χ1) is 9.49. The second kappa shape index (κ2) is 8.50. The molecule has 0 aliphatic rings. The Hall–Kier alpha value is -1.66. The number of nitrogens with one attached hydrogen (secondary N) is 2. The Kier molecular flexibility index (Phi) is 6.97. The first-order valence-corrected chi connectivity index (χ1v) is 6.54. The van der Waals surface area contributed by atoms with Gasteiger partial charge < -0.3 is 20.5 Å². The topological polar surface area (TPSA) is 70.6 Å². The van der Waals surface area contributed by atoms with E-state index in [-0.39, 0.29) is 37.4 Å². The summed E-state index contributed by atoms with van der Waals surface area (Å²) in [6.07, 6.45) is -0.818. The van der Waals surface area contributed by atoms with Crippen molar-refractivity contribution in [1.29, 1.82) is 0 Å². The Labute approximate surface area is 118 Å². The zero-order chi connectivity index (χ0) is 15.0. The Bertz CT molecular complexity index is 427. The molecule has 1 unspecified atom stereocenters. The van der Waals surface area contributed by atoms with E-state index in [9.17, 15) is 14.3 Å². The lowest BCUT2D eigenvalue weighted by Crippen LogP contribution is -2.41. The third-order valence-electron chi connectivity index (χ3n) is 2.38. The average molecular weight is 284 g/mol. The molecule has 0 aromatic heterocycles. The molecule has 3 N–H and O–H groups in total. The van der Waals surface area contributed by atoms with Gasteiger partial charge in [-0.3, -0.25) is 4.79 Å². The van der Waals surface area contributed by atoms with Gasteiger partial charge in [-0.2, -0.15) is 0 Å². The molecular formula is C14H21FN2O3. The molecule has 5 nitrogen and oxygen atoms in total. The molecule has 0 aliphatic carbocycles. The Morgan fingerprint density at radius 2 is 2.10 bits per heavy atom. The van der Waals surface area contributed by atoms with Gasteiger partial charge in [0, 0.05) is 12.6 Å². The second-order valence-corrected chi connectivity index (χ2v) is 4.75. The average Bonchev–Trinajstić information content (AvgIpc) is 2.37. The molecule has 0 spiro atoms. The number of hydrogen-bond acceptors (Lipinski definition) is 4. The summed E-state index contributed by atoms with van der Waals surface area (Å²) in [7, 11) is 0. The maximum Gasteiger partial charge on any atom is 0.234 e. The zero-order valence-corrected chi connectivity index (χ0v) is 11.7. The number of benzene rings is 1. The molecule has 20 heavy (non-hydrogen) atoms. The quantitative estimate of drug-likeness (QED) is 0.656. The maximum atomic E-state index is 13.2. The second-order valence-electron chi connectivity index (χ2n) is 4.75. The first-order valence-electron chi connectivity index (χ1n) is 6.54. The summed E-state index contributed by atoms with van der Waals surface area (Å²) < 4.78 is 18.4. The van der Waals surface area contributed by atoms with Crippen LogP contribution in [-0.4, -0.2) is 42.9 Å². The fourth-order valence-electron chi connectivity index (χ4n) is 1.53. The minimum absolute atomic E-state index is 0.0419. The smallest absolute Gasteiger partial charge is 0.234 e. The number of halogens is 1. The molecule has 1 aromatic carbocycles. The SMILES string of the molecule is CC(C)NC(=O)CNCC(O)COc1ccccc1F. The van der Waals surface area contributed by atoms with Crippen LogP contribution in [0.15, 0.2) is 24.3 Å². The van der Waals surface area contributed by atoms with Crippen molar-refractivity contribution < 1.29 is 19.0 Å². The summed E-state index contributed by atoms with van der Waals surface area (Å²) in [5.41, 5.74) is 0. The van der Waals surface area contributed by atoms with Gasteiger partial charge in [0.15, 0.2) is 11.6 Å². The van der Waals surface area contributed by atoms with Gasteiger partial charge >= 0.3 is 0 Å². The molecule has 1 amide bonds. The van der Waals surface area contributed by atoms with Crippen molar-refractivity contribution in [2.45, 2.75) is 26.0 Å². The standard InChI is InChI=1S/C14H21FN2O3/c1-10(2)17-14(19)8-16-7-11(18)9-20-13-6-4-3-5-12(13)15/h3-6,10-11,16,18H,7-9H2,1-2H3,(H,17,19). The summed E-state index contributed by atoms with van der Waals surface area (Å²) >= 11 is 0. The molecule has 0 fully saturated rings. The maximum absolute atomic E-state index is 13.2. The summed E-state index contributed by atoms with van der Waals surface area (Å²) in [6.45, 7) is 4.01. The molecule has 0 saturated heterocycles. The van der Waals surface area contributed by atoms with Gasteiger partial charge in [-0.15, -0.1) is 0 Å². The molecule has 0 heterocycles. The molecule has 1 atom stereocenters. The van der Waals surface area contributed by atoms with Gasteiger partial charge in [-0.05, 0) is 26.0 Å². The lowest BCUT2D eigenvalue weighted by molar-refractivity contribution is -0.120. The van der Waals surface area contributed by atoms with E-state index < -0.39 is 11.9 Å². The highest BCUT2D eigenvalue weighted by molar-refractivity contribution is 5.78. The van der Waals surface area contributed by atoms with Crippen LogP contribution in [0.3, 0.4) is 0 Å². The zero-order valence-electron chi connectivity index (χ0n) is 11.7. The van der Waals surface area contributed by atoms with E-state index in [1.807, 2.05) is 13.8 Å². The Balaban J connectivity index is 2.19. The molecule has 0 radical (unpaired) electrons. The van der Waals surface area contributed by atoms with Crippen LogP contribution in [0.1, 0.15) is 13.8 Å². The van der Waals surface area contributed by atoms with Crippen LogP contribution >= 0.6 is 0 Å². The molecule has 0 saturated carbocycles. The van der Waals surface area contributed by atoms with Gasteiger partial charge in [0.05, 0.1) is 6.54 Å². The Morgan fingerprint density at radius 3 is 2.75 bits per heavy atom. The van der Waals surface area contributed by atoms with E-state index in [1.165, 1.54) is 12.1 Å². The van der Waals surface area contributed by atoms with Gasteiger partial charge in [0.1, 0.15) is 12.7 Å². The highest BCUT2D eigenvalue weighted by Gasteiger charge is 2.09. The van der Waals surface area contributed by atoms with Crippen molar-refractivity contribution in [1.82, 2.24) is 10.6 Å². The van der Waals surface area contributed by atoms with Crippen LogP contribution in [0, 0.1) is 5.82 Å². The van der Waals surface area contributed by atoms with Crippen molar-refractivity contribution in [3.05, 3.63) is 30.1 Å². The molecule has 6 heteroatoms.